The van der Waals surface area contributed by atoms with E-state index < -0.39 is 22.0 Å². The van der Waals surface area contributed by atoms with E-state index in [9.17, 15) is 21.6 Å². The molecule has 1 aliphatic rings. The van der Waals surface area contributed by atoms with E-state index in [0.717, 1.165) is 30.9 Å². The van der Waals surface area contributed by atoms with Gasteiger partial charge >= 0.3 is 6.18 Å². The Labute approximate surface area is 233 Å². The van der Waals surface area contributed by atoms with Gasteiger partial charge in [0.2, 0.25) is 21.9 Å². The van der Waals surface area contributed by atoms with Crippen molar-refractivity contribution < 1.29 is 26.3 Å². The molecule has 0 unspecified atom stereocenters. The van der Waals surface area contributed by atoms with Crippen LogP contribution in [0.4, 0.5) is 24.8 Å². The van der Waals surface area contributed by atoms with Gasteiger partial charge in [0.15, 0.2) is 5.75 Å². The molecule has 0 amide bonds. The summed E-state index contributed by atoms with van der Waals surface area (Å²) >= 11 is 1.40. The summed E-state index contributed by atoms with van der Waals surface area (Å²) in [7, 11) is -4.68. The molecule has 14 heteroatoms. The van der Waals surface area contributed by atoms with E-state index in [1.165, 1.54) is 17.4 Å². The van der Waals surface area contributed by atoms with Crippen molar-refractivity contribution in [3.63, 3.8) is 0 Å². The van der Waals surface area contributed by atoms with Gasteiger partial charge in [-0.2, -0.15) is 13.2 Å². The molecule has 1 atom stereocenters. The van der Waals surface area contributed by atoms with Gasteiger partial charge in [-0.05, 0) is 50.9 Å². The van der Waals surface area contributed by atoms with Gasteiger partial charge in [0.1, 0.15) is 10.6 Å². The second-order valence-corrected chi connectivity index (χ2v) is 12.4. The molecule has 1 aliphatic heterocycles. The van der Waals surface area contributed by atoms with Crippen LogP contribution in [0.25, 0.3) is 21.3 Å². The van der Waals surface area contributed by atoms with Gasteiger partial charge in [0.25, 0.3) is 0 Å². The topological polar surface area (TPSA) is 118 Å². The highest BCUT2D eigenvalue weighted by molar-refractivity contribution is 7.92. The fourth-order valence-corrected chi connectivity index (χ4v) is 6.40. The molecular formula is C26H27F3N6O3S2. The number of rotatable bonds is 8. The number of halogens is 3. The van der Waals surface area contributed by atoms with Gasteiger partial charge in [0.05, 0.1) is 16.4 Å². The summed E-state index contributed by atoms with van der Waals surface area (Å²) in [4.78, 5) is 14.3. The van der Waals surface area contributed by atoms with Crippen LogP contribution in [0.3, 0.4) is 0 Å². The molecule has 4 aromatic rings. The molecular weight excluding hydrogens is 565 g/mol. The Balaban J connectivity index is 1.48. The number of aromatic nitrogens is 3. The second-order valence-electron chi connectivity index (χ2n) is 9.51. The third kappa shape index (κ3) is 6.62. The summed E-state index contributed by atoms with van der Waals surface area (Å²) in [6.07, 6.45) is -1.12. The van der Waals surface area contributed by atoms with E-state index >= 15 is 0 Å². The first-order chi connectivity index (χ1) is 19.0. The molecule has 0 saturated carbocycles. The zero-order valence-corrected chi connectivity index (χ0v) is 23.3. The number of sulfonamides is 1. The summed E-state index contributed by atoms with van der Waals surface area (Å²) in [6, 6.07) is 10.2. The average Bonchev–Trinajstić information content (AvgIpc) is 3.25. The van der Waals surface area contributed by atoms with Gasteiger partial charge in [0, 0.05) is 29.6 Å². The van der Waals surface area contributed by atoms with Crippen LogP contribution in [0, 0.1) is 13.8 Å². The van der Waals surface area contributed by atoms with Crippen LogP contribution in [0.1, 0.15) is 23.4 Å². The Morgan fingerprint density at radius 2 is 1.93 bits per heavy atom. The standard InChI is InChI=1S/C26H27F3N6O3S2/c1-15-12-21(35-40(36,37)14-26(27,28)29)18-7-3-4-8-19(18)22(15)38-24-23(39-16(2)32-24)20-9-11-31-25(34-20)33-17-6-5-10-30-13-17/h3-4,7-9,11-12,17,30,35H,5-6,10,13-14H2,1-2H3,(H,31,33,34)/t17-/m1/s1. The monoisotopic (exact) mass is 592 g/mol. The third-order valence-corrected chi connectivity index (χ3v) is 8.43. The van der Waals surface area contributed by atoms with Crippen LogP contribution >= 0.6 is 11.3 Å². The van der Waals surface area contributed by atoms with Crippen molar-refractivity contribution in [2.24, 2.45) is 0 Å². The SMILES string of the molecule is Cc1nc(Oc2c(C)cc(NS(=O)(=O)CC(F)(F)F)c3ccccc23)c(-c2ccnc(N[C@@H]3CCCNC3)n2)s1. The summed E-state index contributed by atoms with van der Waals surface area (Å²) < 4.78 is 71.3. The average molecular weight is 593 g/mol. The minimum atomic E-state index is -4.87. The Kier molecular flexibility index (Phi) is 7.84. The maximum Gasteiger partial charge on any atom is 0.404 e. The lowest BCUT2D eigenvalue weighted by molar-refractivity contribution is -0.106. The highest BCUT2D eigenvalue weighted by atomic mass is 32.2. The summed E-state index contributed by atoms with van der Waals surface area (Å²) in [6.45, 7) is 5.36. The molecule has 2 aromatic carbocycles. The zero-order valence-electron chi connectivity index (χ0n) is 21.7. The number of nitrogens with one attached hydrogen (secondary N) is 3. The number of ether oxygens (including phenoxy) is 1. The van der Waals surface area contributed by atoms with Crippen molar-refractivity contribution in [3.05, 3.63) is 53.2 Å². The van der Waals surface area contributed by atoms with Crippen molar-refractivity contribution in [2.45, 2.75) is 38.9 Å². The number of thiazole rings is 1. The minimum Gasteiger partial charge on any atom is -0.437 e. The molecule has 5 rings (SSSR count). The molecule has 9 nitrogen and oxygen atoms in total. The Hall–Kier alpha value is -3.49. The van der Waals surface area contributed by atoms with Crippen LogP contribution in [0.2, 0.25) is 0 Å². The summed E-state index contributed by atoms with van der Waals surface area (Å²) in [5.74, 6) is -0.771. The van der Waals surface area contributed by atoms with Gasteiger partial charge in [-0.3, -0.25) is 4.72 Å². The molecule has 1 saturated heterocycles. The van der Waals surface area contributed by atoms with Gasteiger partial charge in [-0.25, -0.2) is 23.4 Å². The van der Waals surface area contributed by atoms with Crippen LogP contribution < -0.4 is 20.1 Å². The van der Waals surface area contributed by atoms with Crippen molar-refractivity contribution >= 4 is 43.8 Å². The van der Waals surface area contributed by atoms with Crippen molar-refractivity contribution in [1.29, 1.82) is 0 Å². The van der Waals surface area contributed by atoms with E-state index in [-0.39, 0.29) is 11.7 Å². The first kappa shape index (κ1) is 28.1. The molecule has 0 bridgehead atoms. The van der Waals surface area contributed by atoms with E-state index in [2.05, 4.69) is 25.3 Å². The van der Waals surface area contributed by atoms with E-state index in [0.29, 0.717) is 44.5 Å². The lowest BCUT2D eigenvalue weighted by atomic mass is 10.0. The molecule has 40 heavy (non-hydrogen) atoms. The predicted octanol–water partition coefficient (Wildman–Crippen LogP) is 5.63. The molecule has 3 N–H and O–H groups in total. The number of fused-ring (bicyclic) bond motifs is 1. The van der Waals surface area contributed by atoms with Gasteiger partial charge in [-0.15, -0.1) is 11.3 Å². The second kappa shape index (κ2) is 11.2. The van der Waals surface area contributed by atoms with E-state index in [4.69, 9.17) is 9.72 Å². The van der Waals surface area contributed by atoms with Crippen molar-refractivity contribution in [3.8, 4) is 22.2 Å². The third-order valence-electron chi connectivity index (χ3n) is 6.22. The van der Waals surface area contributed by atoms with Crippen LogP contribution in [-0.2, 0) is 10.0 Å². The predicted molar refractivity (Wildman–Crippen MR) is 150 cm³/mol. The molecule has 2 aromatic heterocycles. The fourth-order valence-electron chi connectivity index (χ4n) is 4.58. The smallest absolute Gasteiger partial charge is 0.404 e. The summed E-state index contributed by atoms with van der Waals surface area (Å²) in [5, 5.41) is 8.37. The largest absolute Gasteiger partial charge is 0.437 e. The minimum absolute atomic E-state index is 0.0306. The molecule has 0 radical (unpaired) electrons. The number of benzene rings is 2. The number of anilines is 2. The van der Waals surface area contributed by atoms with Gasteiger partial charge in [-0.1, -0.05) is 24.3 Å². The van der Waals surface area contributed by atoms with Crippen LogP contribution in [0.5, 0.6) is 11.6 Å². The lowest BCUT2D eigenvalue weighted by Crippen LogP contribution is -2.38. The molecule has 3 heterocycles. The molecule has 212 valence electrons. The Morgan fingerprint density at radius 1 is 1.15 bits per heavy atom. The normalized spacial score (nSPS) is 16.2. The highest BCUT2D eigenvalue weighted by Crippen LogP contribution is 2.42. The first-order valence-corrected chi connectivity index (χ1v) is 15.0. The van der Waals surface area contributed by atoms with Crippen molar-refractivity contribution in [2.75, 3.05) is 28.9 Å². The van der Waals surface area contributed by atoms with Crippen LogP contribution in [0.15, 0.2) is 42.6 Å². The van der Waals surface area contributed by atoms with Gasteiger partial charge < -0.3 is 15.4 Å². The Morgan fingerprint density at radius 3 is 2.65 bits per heavy atom. The maximum absolute atomic E-state index is 12.8. The molecule has 1 fully saturated rings. The quantitative estimate of drug-likeness (QED) is 0.241. The number of hydrogen-bond acceptors (Lipinski definition) is 9. The number of piperidine rings is 1. The number of nitrogens with zero attached hydrogens (tertiary/aromatic N) is 3. The molecule has 0 spiro atoms. The maximum atomic E-state index is 12.8. The summed E-state index contributed by atoms with van der Waals surface area (Å²) in [5.41, 5.74) is 1.17. The number of hydrogen-bond donors (Lipinski definition) is 3. The fraction of sp³-hybridized carbons (Fsp3) is 0.346. The van der Waals surface area contributed by atoms with Crippen LogP contribution in [-0.4, -0.2) is 54.4 Å². The lowest BCUT2D eigenvalue weighted by Gasteiger charge is -2.23. The number of aryl methyl sites for hydroxylation is 2. The zero-order chi connectivity index (χ0) is 28.5. The number of alkyl halides is 3. The van der Waals surface area contributed by atoms with E-state index in [1.807, 2.05) is 6.92 Å². The van der Waals surface area contributed by atoms with Crippen molar-refractivity contribution in [1.82, 2.24) is 20.3 Å². The van der Waals surface area contributed by atoms with E-state index in [1.54, 1.807) is 43.5 Å². The molecule has 0 aliphatic carbocycles. The Bertz CT molecular complexity index is 1640. The first-order valence-electron chi connectivity index (χ1n) is 12.5. The highest BCUT2D eigenvalue weighted by Gasteiger charge is 2.35.